The number of benzene rings is 1. The number of amides is 1. The maximum atomic E-state index is 11.8. The summed E-state index contributed by atoms with van der Waals surface area (Å²) in [7, 11) is 0. The highest BCUT2D eigenvalue weighted by atomic mass is 35.5. The summed E-state index contributed by atoms with van der Waals surface area (Å²) in [6.45, 7) is 0.526. The third-order valence-electron chi connectivity index (χ3n) is 4.16. The van der Waals surface area contributed by atoms with Crippen LogP contribution in [0.1, 0.15) is 24.4 Å². The van der Waals surface area contributed by atoms with Gasteiger partial charge in [0.2, 0.25) is 5.91 Å². The van der Waals surface area contributed by atoms with Gasteiger partial charge < -0.3 is 15.8 Å². The highest BCUT2D eigenvalue weighted by Gasteiger charge is 2.39. The molecule has 0 unspecified atom stereocenters. The average molecular weight is 322 g/mol. The van der Waals surface area contributed by atoms with Crippen LogP contribution in [0.5, 0.6) is 0 Å². The van der Waals surface area contributed by atoms with Crippen molar-refractivity contribution in [1.82, 2.24) is 9.88 Å². The summed E-state index contributed by atoms with van der Waals surface area (Å²) in [5.41, 5.74) is 6.82. The minimum atomic E-state index is -1.01. The topological polar surface area (TPSA) is 99.4 Å². The number of carboxylic acid groups (broad SMARTS) is 1. The van der Waals surface area contributed by atoms with Crippen molar-refractivity contribution in [3.05, 3.63) is 35.0 Å². The van der Waals surface area contributed by atoms with Gasteiger partial charge in [-0.1, -0.05) is 11.6 Å². The number of aromatic nitrogens is 1. The summed E-state index contributed by atoms with van der Waals surface area (Å²) < 4.78 is 0. The molecule has 0 saturated carbocycles. The van der Waals surface area contributed by atoms with Crippen molar-refractivity contribution < 1.29 is 14.7 Å². The number of primary amides is 1. The predicted octanol–water partition coefficient (Wildman–Crippen LogP) is 1.90. The Bertz CT molecular complexity index is 743. The van der Waals surface area contributed by atoms with E-state index in [4.69, 9.17) is 17.3 Å². The van der Waals surface area contributed by atoms with Crippen LogP contribution in [0, 0.1) is 0 Å². The Morgan fingerprint density at radius 3 is 2.91 bits per heavy atom. The van der Waals surface area contributed by atoms with Gasteiger partial charge >= 0.3 is 5.97 Å². The molecule has 0 bridgehead atoms. The van der Waals surface area contributed by atoms with E-state index in [1.54, 1.807) is 29.3 Å². The minimum absolute atomic E-state index is 0.485. The third kappa shape index (κ3) is 2.44. The van der Waals surface area contributed by atoms with Crippen LogP contribution in [0.15, 0.2) is 24.4 Å². The number of nitrogens with one attached hydrogen (secondary N) is 1. The molecule has 1 aromatic carbocycles. The molecule has 7 heteroatoms. The molecule has 1 saturated heterocycles. The van der Waals surface area contributed by atoms with Crippen LogP contribution in [0.2, 0.25) is 5.02 Å². The van der Waals surface area contributed by atoms with Crippen molar-refractivity contribution in [2.45, 2.75) is 24.9 Å². The number of rotatable bonds is 4. The normalized spacial score (nSPS) is 20.3. The fourth-order valence-corrected chi connectivity index (χ4v) is 3.37. The van der Waals surface area contributed by atoms with Crippen LogP contribution in [0.3, 0.4) is 0 Å². The molecule has 2 heterocycles. The van der Waals surface area contributed by atoms with E-state index >= 15 is 0 Å². The Kier molecular flexibility index (Phi) is 3.80. The number of likely N-dealkylation sites (tertiary alicyclic amines) is 1. The standard InChI is InChI=1S/C15H16ClN3O3/c16-8-3-4-11-9(6-8)10(7-18-11)13(15(21)22)19-5-1-2-12(19)14(17)20/h3-4,6-7,12-13,18H,1-2,5H2,(H2,17,20)(H,21,22)/t12-,13-/m1/s1. The molecule has 1 amide bonds. The molecule has 2 atom stereocenters. The van der Waals surface area contributed by atoms with Gasteiger partial charge in [0.1, 0.15) is 6.04 Å². The van der Waals surface area contributed by atoms with E-state index in [2.05, 4.69) is 4.98 Å². The third-order valence-corrected chi connectivity index (χ3v) is 4.39. The lowest BCUT2D eigenvalue weighted by molar-refractivity contribution is -0.144. The van der Waals surface area contributed by atoms with E-state index in [0.29, 0.717) is 23.6 Å². The van der Waals surface area contributed by atoms with Crippen LogP contribution in [0.25, 0.3) is 10.9 Å². The largest absolute Gasteiger partial charge is 0.480 e. The second-order valence-corrected chi connectivity index (χ2v) is 5.91. The fraction of sp³-hybridized carbons (Fsp3) is 0.333. The van der Waals surface area contributed by atoms with E-state index in [0.717, 1.165) is 17.3 Å². The molecule has 1 aliphatic rings. The fourth-order valence-electron chi connectivity index (χ4n) is 3.20. The number of carbonyl (C=O) groups is 2. The van der Waals surface area contributed by atoms with Gasteiger partial charge in [0.05, 0.1) is 6.04 Å². The minimum Gasteiger partial charge on any atom is -0.480 e. The maximum absolute atomic E-state index is 11.8. The van der Waals surface area contributed by atoms with Crippen molar-refractivity contribution >= 4 is 34.4 Å². The van der Waals surface area contributed by atoms with Gasteiger partial charge in [-0.3, -0.25) is 14.5 Å². The van der Waals surface area contributed by atoms with E-state index in [1.807, 2.05) is 0 Å². The Morgan fingerprint density at radius 1 is 1.45 bits per heavy atom. The number of carboxylic acids is 1. The molecule has 22 heavy (non-hydrogen) atoms. The Labute approximate surface area is 131 Å². The number of nitrogens with two attached hydrogens (primary N) is 1. The van der Waals surface area contributed by atoms with E-state index in [-0.39, 0.29) is 0 Å². The molecule has 1 aromatic heterocycles. The Hall–Kier alpha value is -2.05. The summed E-state index contributed by atoms with van der Waals surface area (Å²) in [6.07, 6.45) is 3.00. The maximum Gasteiger partial charge on any atom is 0.325 e. The number of fused-ring (bicyclic) bond motifs is 1. The van der Waals surface area contributed by atoms with Gasteiger partial charge in [-0.25, -0.2) is 0 Å². The van der Waals surface area contributed by atoms with Gasteiger partial charge in [-0.15, -0.1) is 0 Å². The molecular formula is C15H16ClN3O3. The van der Waals surface area contributed by atoms with Gasteiger partial charge in [0, 0.05) is 34.2 Å². The number of nitrogens with zero attached hydrogens (tertiary/aromatic N) is 1. The van der Waals surface area contributed by atoms with Gasteiger partial charge in [-0.2, -0.15) is 0 Å². The number of H-pyrrole nitrogens is 1. The second kappa shape index (κ2) is 5.62. The first-order valence-corrected chi connectivity index (χ1v) is 7.41. The predicted molar refractivity (Wildman–Crippen MR) is 82.6 cm³/mol. The highest BCUT2D eigenvalue weighted by molar-refractivity contribution is 6.31. The molecule has 1 fully saturated rings. The van der Waals surface area contributed by atoms with Gasteiger partial charge in [0.15, 0.2) is 0 Å². The van der Waals surface area contributed by atoms with Crippen LogP contribution < -0.4 is 5.73 Å². The zero-order chi connectivity index (χ0) is 15.9. The lowest BCUT2D eigenvalue weighted by Gasteiger charge is -2.28. The van der Waals surface area contributed by atoms with Crippen LogP contribution >= 0.6 is 11.6 Å². The Balaban J connectivity index is 2.09. The molecule has 116 valence electrons. The van der Waals surface area contributed by atoms with E-state index in [1.165, 1.54) is 0 Å². The first-order valence-electron chi connectivity index (χ1n) is 7.03. The zero-order valence-electron chi connectivity index (χ0n) is 11.8. The average Bonchev–Trinajstić information content (AvgIpc) is 3.07. The summed E-state index contributed by atoms with van der Waals surface area (Å²) in [5, 5.41) is 11.0. The SMILES string of the molecule is NC(=O)[C@H]1CCCN1[C@@H](C(=O)O)c1c[nH]c2ccc(Cl)cc12. The summed E-state index contributed by atoms with van der Waals surface area (Å²) in [6, 6.07) is 3.79. The first-order chi connectivity index (χ1) is 10.5. The number of carbonyl (C=O) groups excluding carboxylic acids is 1. The number of halogens is 1. The van der Waals surface area contributed by atoms with E-state index in [9.17, 15) is 14.7 Å². The summed E-state index contributed by atoms with van der Waals surface area (Å²) >= 11 is 6.02. The second-order valence-electron chi connectivity index (χ2n) is 5.47. The highest BCUT2D eigenvalue weighted by Crippen LogP contribution is 2.34. The van der Waals surface area contributed by atoms with Crippen LogP contribution in [-0.2, 0) is 9.59 Å². The lowest BCUT2D eigenvalue weighted by atomic mass is 10.0. The van der Waals surface area contributed by atoms with E-state index < -0.39 is 24.0 Å². The number of aromatic amines is 1. The van der Waals surface area contributed by atoms with Crippen molar-refractivity contribution in [3.63, 3.8) is 0 Å². The summed E-state index contributed by atoms with van der Waals surface area (Å²) in [5.74, 6) is -1.49. The Morgan fingerprint density at radius 2 is 2.23 bits per heavy atom. The monoisotopic (exact) mass is 321 g/mol. The number of aliphatic carboxylic acids is 1. The number of hydrogen-bond donors (Lipinski definition) is 3. The van der Waals surface area contributed by atoms with Crippen molar-refractivity contribution in [2.75, 3.05) is 6.54 Å². The number of hydrogen-bond acceptors (Lipinski definition) is 3. The molecule has 2 aromatic rings. The quantitative estimate of drug-likeness (QED) is 0.800. The molecule has 6 nitrogen and oxygen atoms in total. The molecular weight excluding hydrogens is 306 g/mol. The van der Waals surface area contributed by atoms with Crippen molar-refractivity contribution in [1.29, 1.82) is 0 Å². The first kappa shape index (κ1) is 14.9. The van der Waals surface area contributed by atoms with Crippen LogP contribution in [0.4, 0.5) is 0 Å². The van der Waals surface area contributed by atoms with Crippen molar-refractivity contribution in [3.8, 4) is 0 Å². The molecule has 0 spiro atoms. The smallest absolute Gasteiger partial charge is 0.325 e. The van der Waals surface area contributed by atoms with Gasteiger partial charge in [-0.05, 0) is 31.0 Å². The molecule has 0 aliphatic carbocycles. The summed E-state index contributed by atoms with van der Waals surface area (Å²) in [4.78, 5) is 28.1. The van der Waals surface area contributed by atoms with Crippen molar-refractivity contribution in [2.24, 2.45) is 5.73 Å². The van der Waals surface area contributed by atoms with Crippen LogP contribution in [-0.4, -0.2) is 39.5 Å². The zero-order valence-corrected chi connectivity index (χ0v) is 12.5. The van der Waals surface area contributed by atoms with Gasteiger partial charge in [0.25, 0.3) is 0 Å². The molecule has 0 radical (unpaired) electrons. The lowest BCUT2D eigenvalue weighted by Crippen LogP contribution is -2.44. The molecule has 4 N–H and O–H groups in total. The molecule has 3 rings (SSSR count). The molecule has 1 aliphatic heterocycles.